The highest BCUT2D eigenvalue weighted by atomic mass is 16.6. The molecule has 0 aliphatic carbocycles. The molecule has 0 radical (unpaired) electrons. The van der Waals surface area contributed by atoms with Gasteiger partial charge in [0, 0.05) is 13.1 Å². The standard InChI is InChI=1S/C20H42N4O4/c1-19(2,3)27-17(25)16(22)10-13-23-12-9-15-24(14-8-7-11-21)18(26)28-20(4,5)6/h16,23H,7-15,21-22H2,1-6H3. The molecule has 1 amide bonds. The fourth-order valence-electron chi connectivity index (χ4n) is 2.34. The minimum atomic E-state index is -0.638. The predicted octanol–water partition coefficient (Wildman–Crippen LogP) is 2.00. The van der Waals surface area contributed by atoms with Crippen molar-refractivity contribution in [1.82, 2.24) is 10.2 Å². The van der Waals surface area contributed by atoms with Crippen LogP contribution in [0.5, 0.6) is 0 Å². The SMILES string of the molecule is CC(C)(C)OC(=O)C(N)CCNCCCN(CCCCN)C(=O)OC(C)(C)C. The van der Waals surface area contributed by atoms with Crippen LogP contribution in [0.1, 0.15) is 67.2 Å². The van der Waals surface area contributed by atoms with Gasteiger partial charge in [0.15, 0.2) is 0 Å². The van der Waals surface area contributed by atoms with Crippen LogP contribution >= 0.6 is 0 Å². The van der Waals surface area contributed by atoms with Crippen LogP contribution in [-0.4, -0.2) is 66.9 Å². The molecule has 0 aromatic heterocycles. The summed E-state index contributed by atoms with van der Waals surface area (Å²) in [5.74, 6) is -0.384. The van der Waals surface area contributed by atoms with Crippen molar-refractivity contribution < 1.29 is 19.1 Å². The van der Waals surface area contributed by atoms with Crippen molar-refractivity contribution in [2.45, 2.75) is 84.5 Å². The van der Waals surface area contributed by atoms with Gasteiger partial charge in [0.1, 0.15) is 17.2 Å². The lowest BCUT2D eigenvalue weighted by molar-refractivity contribution is -0.156. The third-order valence-electron chi connectivity index (χ3n) is 3.66. The lowest BCUT2D eigenvalue weighted by Crippen LogP contribution is -2.40. The summed E-state index contributed by atoms with van der Waals surface area (Å²) in [5, 5.41) is 3.26. The first-order valence-corrected chi connectivity index (χ1v) is 10.2. The summed E-state index contributed by atoms with van der Waals surface area (Å²) in [4.78, 5) is 25.9. The average Bonchev–Trinajstić information content (AvgIpc) is 2.52. The highest BCUT2D eigenvalue weighted by molar-refractivity contribution is 5.75. The number of nitrogens with zero attached hydrogens (tertiary/aromatic N) is 1. The van der Waals surface area contributed by atoms with Gasteiger partial charge in [-0.3, -0.25) is 4.79 Å². The van der Waals surface area contributed by atoms with E-state index >= 15 is 0 Å². The molecule has 0 bridgehead atoms. The highest BCUT2D eigenvalue weighted by Crippen LogP contribution is 2.11. The number of unbranched alkanes of at least 4 members (excludes halogenated alkanes) is 1. The number of carbonyl (C=O) groups excluding carboxylic acids is 2. The molecule has 0 saturated heterocycles. The van der Waals surface area contributed by atoms with E-state index in [1.54, 1.807) is 4.90 Å². The van der Waals surface area contributed by atoms with Crippen molar-refractivity contribution in [1.29, 1.82) is 0 Å². The van der Waals surface area contributed by atoms with Gasteiger partial charge in [0.05, 0.1) is 0 Å². The van der Waals surface area contributed by atoms with Gasteiger partial charge in [-0.2, -0.15) is 0 Å². The van der Waals surface area contributed by atoms with Crippen LogP contribution in [-0.2, 0) is 14.3 Å². The van der Waals surface area contributed by atoms with Gasteiger partial charge in [-0.15, -0.1) is 0 Å². The summed E-state index contributed by atoms with van der Waals surface area (Å²) in [6.45, 7) is 14.2. The zero-order valence-corrected chi connectivity index (χ0v) is 18.7. The Bertz CT molecular complexity index is 458. The average molecular weight is 403 g/mol. The third kappa shape index (κ3) is 14.6. The van der Waals surface area contributed by atoms with Crippen molar-refractivity contribution in [2.24, 2.45) is 11.5 Å². The minimum Gasteiger partial charge on any atom is -0.459 e. The van der Waals surface area contributed by atoms with Crippen molar-refractivity contribution in [2.75, 3.05) is 32.7 Å². The molecular weight excluding hydrogens is 360 g/mol. The normalized spacial score (nSPS) is 13.1. The summed E-state index contributed by atoms with van der Waals surface area (Å²) < 4.78 is 10.7. The summed E-state index contributed by atoms with van der Waals surface area (Å²) in [7, 11) is 0. The maximum absolute atomic E-state index is 12.3. The zero-order chi connectivity index (χ0) is 21.8. The smallest absolute Gasteiger partial charge is 0.410 e. The Morgan fingerprint density at radius 3 is 2.04 bits per heavy atom. The molecule has 0 saturated carbocycles. The van der Waals surface area contributed by atoms with Crippen molar-refractivity contribution in [3.05, 3.63) is 0 Å². The van der Waals surface area contributed by atoms with E-state index in [0.717, 1.165) is 25.8 Å². The number of nitrogens with one attached hydrogen (secondary N) is 1. The molecule has 5 N–H and O–H groups in total. The van der Waals surface area contributed by atoms with Crippen LogP contribution in [0.2, 0.25) is 0 Å². The monoisotopic (exact) mass is 402 g/mol. The molecule has 1 atom stereocenters. The molecule has 8 heteroatoms. The first-order valence-electron chi connectivity index (χ1n) is 10.2. The molecule has 0 rings (SSSR count). The van der Waals surface area contributed by atoms with Crippen molar-refractivity contribution >= 4 is 12.1 Å². The van der Waals surface area contributed by atoms with Crippen LogP contribution in [0, 0.1) is 0 Å². The van der Waals surface area contributed by atoms with Crippen LogP contribution in [0.4, 0.5) is 4.79 Å². The number of ether oxygens (including phenoxy) is 2. The fourth-order valence-corrected chi connectivity index (χ4v) is 2.34. The Hall–Kier alpha value is -1.38. The van der Waals surface area contributed by atoms with Crippen molar-refractivity contribution in [3.8, 4) is 0 Å². The lowest BCUT2D eigenvalue weighted by Gasteiger charge is -2.27. The number of rotatable bonds is 12. The minimum absolute atomic E-state index is 0.295. The Labute approximate surface area is 170 Å². The van der Waals surface area contributed by atoms with Gasteiger partial charge in [0.25, 0.3) is 0 Å². The van der Waals surface area contributed by atoms with Crippen LogP contribution in [0.15, 0.2) is 0 Å². The number of carbonyl (C=O) groups is 2. The van der Waals surface area contributed by atoms with E-state index in [0.29, 0.717) is 32.6 Å². The highest BCUT2D eigenvalue weighted by Gasteiger charge is 2.22. The summed E-state index contributed by atoms with van der Waals surface area (Å²) in [6, 6.07) is -0.638. The molecule has 0 spiro atoms. The second kappa shape index (κ2) is 13.0. The zero-order valence-electron chi connectivity index (χ0n) is 18.7. The topological polar surface area (TPSA) is 120 Å². The first kappa shape index (κ1) is 26.6. The van der Waals surface area contributed by atoms with E-state index in [9.17, 15) is 9.59 Å². The van der Waals surface area contributed by atoms with Gasteiger partial charge >= 0.3 is 12.1 Å². The van der Waals surface area contributed by atoms with Crippen LogP contribution in [0.25, 0.3) is 0 Å². The molecular formula is C20H42N4O4. The molecule has 0 aliphatic heterocycles. The Morgan fingerprint density at radius 1 is 0.929 bits per heavy atom. The maximum Gasteiger partial charge on any atom is 0.410 e. The van der Waals surface area contributed by atoms with E-state index in [4.69, 9.17) is 20.9 Å². The summed E-state index contributed by atoms with van der Waals surface area (Å²) >= 11 is 0. The first-order chi connectivity index (χ1) is 12.9. The molecule has 0 aromatic rings. The number of esters is 1. The van der Waals surface area contributed by atoms with Gasteiger partial charge in [-0.1, -0.05) is 0 Å². The van der Waals surface area contributed by atoms with Gasteiger partial charge in [-0.05, 0) is 86.9 Å². The predicted molar refractivity (Wildman–Crippen MR) is 112 cm³/mol. The number of hydrogen-bond donors (Lipinski definition) is 3. The molecule has 28 heavy (non-hydrogen) atoms. The second-order valence-electron chi connectivity index (χ2n) is 9.00. The molecule has 0 fully saturated rings. The largest absolute Gasteiger partial charge is 0.459 e. The number of nitrogens with two attached hydrogens (primary N) is 2. The van der Waals surface area contributed by atoms with E-state index in [1.165, 1.54) is 0 Å². The van der Waals surface area contributed by atoms with Gasteiger partial charge < -0.3 is 31.2 Å². The maximum atomic E-state index is 12.3. The number of amides is 1. The fraction of sp³-hybridized carbons (Fsp3) is 0.900. The second-order valence-corrected chi connectivity index (χ2v) is 9.00. The van der Waals surface area contributed by atoms with Crippen LogP contribution < -0.4 is 16.8 Å². The van der Waals surface area contributed by atoms with Crippen LogP contribution in [0.3, 0.4) is 0 Å². The molecule has 0 aromatic carbocycles. The molecule has 0 heterocycles. The summed E-state index contributed by atoms with van der Waals surface area (Å²) in [5.41, 5.74) is 10.4. The van der Waals surface area contributed by atoms with Gasteiger partial charge in [0.2, 0.25) is 0 Å². The Balaban J connectivity index is 4.18. The lowest BCUT2D eigenvalue weighted by atomic mass is 10.1. The molecule has 1 unspecified atom stereocenters. The number of hydrogen-bond acceptors (Lipinski definition) is 7. The molecule has 8 nitrogen and oxygen atoms in total. The summed E-state index contributed by atoms with van der Waals surface area (Å²) in [6.07, 6.45) is 2.72. The Kier molecular flexibility index (Phi) is 12.3. The van der Waals surface area contributed by atoms with Crippen molar-refractivity contribution in [3.63, 3.8) is 0 Å². The molecule has 166 valence electrons. The molecule has 0 aliphatic rings. The Morgan fingerprint density at radius 2 is 1.50 bits per heavy atom. The third-order valence-corrected chi connectivity index (χ3v) is 3.66. The van der Waals surface area contributed by atoms with E-state index in [1.807, 2.05) is 41.5 Å². The van der Waals surface area contributed by atoms with Gasteiger partial charge in [-0.25, -0.2) is 4.79 Å². The van der Waals surface area contributed by atoms with E-state index in [-0.39, 0.29) is 12.1 Å². The van der Waals surface area contributed by atoms with E-state index < -0.39 is 17.2 Å². The van der Waals surface area contributed by atoms with E-state index in [2.05, 4.69) is 5.32 Å². The quantitative estimate of drug-likeness (QED) is 0.337.